The van der Waals surface area contributed by atoms with Crippen LogP contribution in [-0.4, -0.2) is 45.6 Å². The summed E-state index contributed by atoms with van der Waals surface area (Å²) < 4.78 is 7.14. The number of aromatic nitrogens is 4. The van der Waals surface area contributed by atoms with Crippen LogP contribution >= 0.6 is 11.8 Å². The predicted octanol–water partition coefficient (Wildman–Crippen LogP) is 2.18. The second kappa shape index (κ2) is 7.80. The molecule has 0 saturated carbocycles. The summed E-state index contributed by atoms with van der Waals surface area (Å²) in [7, 11) is 3.24. The largest absolute Gasteiger partial charge is 0.497 e. The second-order valence-corrected chi connectivity index (χ2v) is 5.98. The zero-order valence-electron chi connectivity index (χ0n) is 13.8. The van der Waals surface area contributed by atoms with Gasteiger partial charge in [-0.3, -0.25) is 14.3 Å². The van der Waals surface area contributed by atoms with Crippen molar-refractivity contribution in [1.82, 2.24) is 25.1 Å². The molecule has 1 amide bonds. The van der Waals surface area contributed by atoms with Crippen LogP contribution in [0.4, 0.5) is 0 Å². The van der Waals surface area contributed by atoms with Crippen LogP contribution < -0.4 is 10.1 Å². The molecule has 0 aliphatic carbocycles. The van der Waals surface area contributed by atoms with Gasteiger partial charge in [-0.05, 0) is 36.4 Å². The summed E-state index contributed by atoms with van der Waals surface area (Å²) in [5.41, 5.74) is 1.78. The van der Waals surface area contributed by atoms with E-state index < -0.39 is 0 Å². The van der Waals surface area contributed by atoms with Gasteiger partial charge in [-0.25, -0.2) is 0 Å². The van der Waals surface area contributed by atoms with Gasteiger partial charge in [0, 0.05) is 30.7 Å². The Kier molecular flexibility index (Phi) is 5.30. The molecule has 0 aliphatic rings. The molecule has 2 aromatic heterocycles. The number of benzene rings is 1. The number of carbonyl (C=O) groups is 1. The van der Waals surface area contributed by atoms with Gasteiger partial charge in [0.05, 0.1) is 12.9 Å². The molecule has 25 heavy (non-hydrogen) atoms. The second-order valence-electron chi connectivity index (χ2n) is 5.04. The fourth-order valence-electron chi connectivity index (χ4n) is 2.22. The van der Waals surface area contributed by atoms with Crippen LogP contribution in [0.5, 0.6) is 5.75 Å². The fourth-order valence-corrected chi connectivity index (χ4v) is 3.04. The van der Waals surface area contributed by atoms with E-state index in [-0.39, 0.29) is 11.7 Å². The highest BCUT2D eigenvalue weighted by atomic mass is 32.2. The van der Waals surface area contributed by atoms with E-state index in [4.69, 9.17) is 4.74 Å². The van der Waals surface area contributed by atoms with Crippen molar-refractivity contribution in [3.63, 3.8) is 0 Å². The third-order valence-corrected chi connectivity index (χ3v) is 4.44. The van der Waals surface area contributed by atoms with Crippen molar-refractivity contribution in [3.05, 3.63) is 48.8 Å². The zero-order chi connectivity index (χ0) is 17.6. The molecule has 0 unspecified atom stereocenters. The van der Waals surface area contributed by atoms with Crippen molar-refractivity contribution in [3.8, 4) is 22.8 Å². The molecule has 0 bridgehead atoms. The fraction of sp³-hybridized carbons (Fsp3) is 0.176. The van der Waals surface area contributed by atoms with Crippen LogP contribution in [0.3, 0.4) is 0 Å². The molecule has 0 fully saturated rings. The van der Waals surface area contributed by atoms with Gasteiger partial charge in [-0.2, -0.15) is 0 Å². The van der Waals surface area contributed by atoms with Gasteiger partial charge < -0.3 is 10.1 Å². The van der Waals surface area contributed by atoms with Crippen LogP contribution in [0.1, 0.15) is 0 Å². The van der Waals surface area contributed by atoms with E-state index in [1.165, 1.54) is 11.8 Å². The molecule has 0 saturated heterocycles. The van der Waals surface area contributed by atoms with E-state index in [0.29, 0.717) is 11.0 Å². The molecule has 7 nitrogen and oxygen atoms in total. The summed E-state index contributed by atoms with van der Waals surface area (Å²) in [5.74, 6) is 1.65. The Labute approximate surface area is 149 Å². The Morgan fingerprint density at radius 3 is 2.52 bits per heavy atom. The zero-order valence-corrected chi connectivity index (χ0v) is 14.7. The molecule has 0 radical (unpaired) electrons. The Balaban J connectivity index is 2.04. The number of nitrogens with one attached hydrogen (secondary N) is 1. The summed E-state index contributed by atoms with van der Waals surface area (Å²) in [4.78, 5) is 15.6. The van der Waals surface area contributed by atoms with Crippen molar-refractivity contribution in [2.75, 3.05) is 19.9 Å². The number of nitrogens with zero attached hydrogens (tertiary/aromatic N) is 4. The van der Waals surface area contributed by atoms with E-state index in [1.807, 2.05) is 41.0 Å². The van der Waals surface area contributed by atoms with Gasteiger partial charge in [-0.15, -0.1) is 10.2 Å². The highest BCUT2D eigenvalue weighted by molar-refractivity contribution is 7.99. The summed E-state index contributed by atoms with van der Waals surface area (Å²) in [6, 6.07) is 11.3. The van der Waals surface area contributed by atoms with Gasteiger partial charge in [0.1, 0.15) is 5.75 Å². The van der Waals surface area contributed by atoms with Gasteiger partial charge in [0.25, 0.3) is 0 Å². The Morgan fingerprint density at radius 1 is 1.16 bits per heavy atom. The summed E-state index contributed by atoms with van der Waals surface area (Å²) in [6.07, 6.45) is 3.42. The van der Waals surface area contributed by atoms with Crippen molar-refractivity contribution in [2.24, 2.45) is 0 Å². The SMILES string of the molecule is CNC(=O)CSc1nnc(-c2ccncc2)n1-c1ccc(OC)cc1. The number of rotatable bonds is 6. The maximum atomic E-state index is 11.6. The predicted molar refractivity (Wildman–Crippen MR) is 95.9 cm³/mol. The molecule has 0 atom stereocenters. The maximum Gasteiger partial charge on any atom is 0.230 e. The minimum atomic E-state index is -0.0697. The molecule has 1 N–H and O–H groups in total. The first-order valence-electron chi connectivity index (χ1n) is 7.56. The first-order chi connectivity index (χ1) is 12.2. The van der Waals surface area contributed by atoms with E-state index in [9.17, 15) is 4.79 Å². The normalized spacial score (nSPS) is 10.5. The summed E-state index contributed by atoms with van der Waals surface area (Å²) in [6.45, 7) is 0. The Morgan fingerprint density at radius 2 is 1.88 bits per heavy atom. The molecular formula is C17H17N5O2S. The number of thioether (sulfide) groups is 1. The smallest absolute Gasteiger partial charge is 0.230 e. The number of methoxy groups -OCH3 is 1. The minimum Gasteiger partial charge on any atom is -0.497 e. The maximum absolute atomic E-state index is 11.6. The van der Waals surface area contributed by atoms with Crippen molar-refractivity contribution < 1.29 is 9.53 Å². The summed E-state index contributed by atoms with van der Waals surface area (Å²) in [5, 5.41) is 11.8. The summed E-state index contributed by atoms with van der Waals surface area (Å²) >= 11 is 1.33. The van der Waals surface area contributed by atoms with Gasteiger partial charge in [-0.1, -0.05) is 11.8 Å². The molecule has 0 aliphatic heterocycles. The highest BCUT2D eigenvalue weighted by Crippen LogP contribution is 2.28. The minimum absolute atomic E-state index is 0.0697. The number of amides is 1. The number of hydrogen-bond donors (Lipinski definition) is 1. The Hall–Kier alpha value is -2.87. The number of ether oxygens (including phenoxy) is 1. The van der Waals surface area contributed by atoms with Crippen LogP contribution in [0.2, 0.25) is 0 Å². The number of pyridine rings is 1. The quantitative estimate of drug-likeness (QED) is 0.683. The third-order valence-electron chi connectivity index (χ3n) is 3.51. The van der Waals surface area contributed by atoms with E-state index in [0.717, 1.165) is 17.0 Å². The standard InChI is InChI=1S/C17H17N5O2S/c1-18-15(23)11-25-17-21-20-16(12-7-9-19-10-8-12)22(17)13-3-5-14(24-2)6-4-13/h3-10H,11H2,1-2H3,(H,18,23). The first kappa shape index (κ1) is 17.0. The third kappa shape index (κ3) is 3.80. The van der Waals surface area contributed by atoms with Crippen LogP contribution in [0, 0.1) is 0 Å². The van der Waals surface area contributed by atoms with Crippen LogP contribution in [-0.2, 0) is 4.79 Å². The molecule has 3 aromatic rings. The lowest BCUT2D eigenvalue weighted by atomic mass is 10.2. The van der Waals surface area contributed by atoms with E-state index >= 15 is 0 Å². The molecule has 128 valence electrons. The average Bonchev–Trinajstić information content (AvgIpc) is 3.10. The monoisotopic (exact) mass is 355 g/mol. The average molecular weight is 355 g/mol. The van der Waals surface area contributed by atoms with Crippen LogP contribution in [0.15, 0.2) is 53.9 Å². The molecule has 2 heterocycles. The lowest BCUT2D eigenvalue weighted by molar-refractivity contribution is -0.118. The lowest BCUT2D eigenvalue weighted by Gasteiger charge is -2.11. The highest BCUT2D eigenvalue weighted by Gasteiger charge is 2.17. The molecule has 1 aromatic carbocycles. The molecule has 8 heteroatoms. The Bertz CT molecular complexity index is 849. The van der Waals surface area contributed by atoms with Gasteiger partial charge in [0.15, 0.2) is 11.0 Å². The lowest BCUT2D eigenvalue weighted by Crippen LogP contribution is -2.20. The van der Waals surface area contributed by atoms with Crippen LogP contribution in [0.25, 0.3) is 17.1 Å². The van der Waals surface area contributed by atoms with Crippen molar-refractivity contribution in [2.45, 2.75) is 5.16 Å². The van der Waals surface area contributed by atoms with E-state index in [2.05, 4.69) is 20.5 Å². The number of hydrogen-bond acceptors (Lipinski definition) is 6. The number of carbonyl (C=O) groups excluding carboxylic acids is 1. The van der Waals surface area contributed by atoms with E-state index in [1.54, 1.807) is 26.6 Å². The van der Waals surface area contributed by atoms with Crippen molar-refractivity contribution in [1.29, 1.82) is 0 Å². The molecule has 3 rings (SSSR count). The van der Waals surface area contributed by atoms with Gasteiger partial charge >= 0.3 is 0 Å². The molecular weight excluding hydrogens is 338 g/mol. The van der Waals surface area contributed by atoms with Crippen molar-refractivity contribution >= 4 is 17.7 Å². The first-order valence-corrected chi connectivity index (χ1v) is 8.55. The van der Waals surface area contributed by atoms with Gasteiger partial charge in [0.2, 0.25) is 5.91 Å². The molecule has 0 spiro atoms. The topological polar surface area (TPSA) is 81.9 Å².